The summed E-state index contributed by atoms with van der Waals surface area (Å²) in [7, 11) is 0. The van der Waals surface area contributed by atoms with Crippen LogP contribution in [0.25, 0.3) is 0 Å². The van der Waals surface area contributed by atoms with Crippen molar-refractivity contribution in [3.8, 4) is 0 Å². The molecule has 0 saturated carbocycles. The van der Waals surface area contributed by atoms with Gasteiger partial charge in [-0.1, -0.05) is 0 Å². The second-order valence-electron chi connectivity index (χ2n) is 2.66. The Morgan fingerprint density at radius 3 is 3.08 bits per heavy atom. The fourth-order valence-electron chi connectivity index (χ4n) is 0.808. The molecule has 0 unspecified atom stereocenters. The predicted molar refractivity (Wildman–Crippen MR) is 44.8 cm³/mol. The number of hydrogen-bond donors (Lipinski definition) is 3. The van der Waals surface area contributed by atoms with Crippen LogP contribution in [-0.2, 0) is 0 Å². The normalized spacial score (nSPS) is 12.5. The van der Waals surface area contributed by atoms with Crippen molar-refractivity contribution >= 4 is 5.91 Å². The molecule has 1 amide bonds. The average molecular weight is 168 g/mol. The van der Waals surface area contributed by atoms with E-state index in [0.29, 0.717) is 5.56 Å². The number of nitrogens with one attached hydrogen (secondary N) is 2. The molecular formula is C8H12N2O2. The third-order valence-corrected chi connectivity index (χ3v) is 1.42. The van der Waals surface area contributed by atoms with Gasteiger partial charge in [-0.2, -0.15) is 0 Å². The zero-order valence-electron chi connectivity index (χ0n) is 6.87. The van der Waals surface area contributed by atoms with E-state index in [2.05, 4.69) is 10.3 Å². The van der Waals surface area contributed by atoms with Crippen molar-refractivity contribution in [1.29, 1.82) is 0 Å². The van der Waals surface area contributed by atoms with Crippen LogP contribution in [0, 0.1) is 0 Å². The van der Waals surface area contributed by atoms with E-state index < -0.39 is 6.10 Å². The molecule has 1 heterocycles. The first-order valence-electron chi connectivity index (χ1n) is 3.79. The van der Waals surface area contributed by atoms with Crippen LogP contribution in [0.15, 0.2) is 18.5 Å². The average Bonchev–Trinajstić information content (AvgIpc) is 2.51. The number of hydrogen-bond acceptors (Lipinski definition) is 2. The van der Waals surface area contributed by atoms with Gasteiger partial charge < -0.3 is 15.4 Å². The van der Waals surface area contributed by atoms with Gasteiger partial charge in [-0.3, -0.25) is 4.79 Å². The van der Waals surface area contributed by atoms with E-state index in [1.807, 2.05) is 0 Å². The van der Waals surface area contributed by atoms with Crippen LogP contribution >= 0.6 is 0 Å². The lowest BCUT2D eigenvalue weighted by Gasteiger charge is -2.04. The van der Waals surface area contributed by atoms with Crippen molar-refractivity contribution in [1.82, 2.24) is 10.3 Å². The largest absolute Gasteiger partial charge is 0.392 e. The molecule has 4 nitrogen and oxygen atoms in total. The molecule has 0 radical (unpaired) electrons. The summed E-state index contributed by atoms with van der Waals surface area (Å²) >= 11 is 0. The number of aromatic amines is 1. The van der Waals surface area contributed by atoms with Crippen LogP contribution in [0.4, 0.5) is 0 Å². The van der Waals surface area contributed by atoms with Gasteiger partial charge in [-0.05, 0) is 13.0 Å². The zero-order valence-corrected chi connectivity index (χ0v) is 6.87. The highest BCUT2D eigenvalue weighted by atomic mass is 16.3. The summed E-state index contributed by atoms with van der Waals surface area (Å²) in [4.78, 5) is 13.9. The maximum Gasteiger partial charge on any atom is 0.252 e. The molecule has 1 rings (SSSR count). The molecule has 3 N–H and O–H groups in total. The van der Waals surface area contributed by atoms with E-state index in [1.165, 1.54) is 0 Å². The number of aliphatic hydroxyl groups is 1. The molecule has 4 heteroatoms. The maximum absolute atomic E-state index is 11.2. The van der Waals surface area contributed by atoms with Gasteiger partial charge in [-0.15, -0.1) is 0 Å². The van der Waals surface area contributed by atoms with E-state index >= 15 is 0 Å². The number of carbonyl (C=O) groups is 1. The first-order valence-corrected chi connectivity index (χ1v) is 3.79. The van der Waals surface area contributed by atoms with Gasteiger partial charge in [0.15, 0.2) is 0 Å². The Morgan fingerprint density at radius 1 is 1.83 bits per heavy atom. The van der Waals surface area contributed by atoms with Crippen molar-refractivity contribution in [3.05, 3.63) is 24.0 Å². The topological polar surface area (TPSA) is 65.1 Å². The van der Waals surface area contributed by atoms with E-state index in [4.69, 9.17) is 5.11 Å². The van der Waals surface area contributed by atoms with Crippen molar-refractivity contribution in [2.75, 3.05) is 6.54 Å². The Kier molecular flexibility index (Phi) is 2.88. The van der Waals surface area contributed by atoms with Gasteiger partial charge in [0.1, 0.15) is 0 Å². The fourth-order valence-corrected chi connectivity index (χ4v) is 0.808. The summed E-state index contributed by atoms with van der Waals surface area (Å²) in [6.07, 6.45) is 2.78. The first-order chi connectivity index (χ1) is 5.70. The summed E-state index contributed by atoms with van der Waals surface area (Å²) in [5.41, 5.74) is 0.579. The molecule has 0 bridgehead atoms. The van der Waals surface area contributed by atoms with E-state index in [9.17, 15) is 4.79 Å². The van der Waals surface area contributed by atoms with Crippen LogP contribution < -0.4 is 5.32 Å². The van der Waals surface area contributed by atoms with Crippen LogP contribution in [0.5, 0.6) is 0 Å². The lowest BCUT2D eigenvalue weighted by Crippen LogP contribution is -2.30. The molecule has 66 valence electrons. The highest BCUT2D eigenvalue weighted by molar-refractivity contribution is 5.93. The highest BCUT2D eigenvalue weighted by Crippen LogP contribution is 1.95. The predicted octanol–water partition coefficient (Wildman–Crippen LogP) is 0.125. The molecule has 12 heavy (non-hydrogen) atoms. The zero-order chi connectivity index (χ0) is 8.97. The lowest BCUT2D eigenvalue weighted by atomic mass is 10.3. The summed E-state index contributed by atoms with van der Waals surface area (Å²) in [6, 6.07) is 1.68. The number of rotatable bonds is 3. The van der Waals surface area contributed by atoms with Crippen LogP contribution in [-0.4, -0.2) is 28.6 Å². The third kappa shape index (κ3) is 2.39. The van der Waals surface area contributed by atoms with Crippen molar-refractivity contribution in [2.45, 2.75) is 13.0 Å². The van der Waals surface area contributed by atoms with Gasteiger partial charge in [0.25, 0.3) is 5.91 Å². The molecule has 0 aliphatic carbocycles. The van der Waals surface area contributed by atoms with Gasteiger partial charge in [0.2, 0.25) is 0 Å². The minimum atomic E-state index is -0.507. The highest BCUT2D eigenvalue weighted by Gasteiger charge is 2.05. The molecular weight excluding hydrogens is 156 g/mol. The van der Waals surface area contributed by atoms with Crippen LogP contribution in [0.2, 0.25) is 0 Å². The van der Waals surface area contributed by atoms with Gasteiger partial charge in [-0.25, -0.2) is 0 Å². The quantitative estimate of drug-likeness (QED) is 0.600. The number of H-pyrrole nitrogens is 1. The molecule has 1 aromatic heterocycles. The third-order valence-electron chi connectivity index (χ3n) is 1.42. The summed E-state index contributed by atoms with van der Waals surface area (Å²) in [5, 5.41) is 11.5. The molecule has 0 aromatic carbocycles. The Bertz CT molecular complexity index is 242. The van der Waals surface area contributed by atoms with Crippen LogP contribution in [0.1, 0.15) is 17.3 Å². The number of carbonyl (C=O) groups excluding carboxylic acids is 1. The summed E-state index contributed by atoms with van der Waals surface area (Å²) in [5.74, 6) is -0.169. The molecule has 0 aliphatic heterocycles. The number of aromatic nitrogens is 1. The second-order valence-corrected chi connectivity index (χ2v) is 2.66. The molecule has 1 atom stereocenters. The van der Waals surface area contributed by atoms with E-state index in [1.54, 1.807) is 25.4 Å². The fraction of sp³-hybridized carbons (Fsp3) is 0.375. The first kappa shape index (κ1) is 8.80. The maximum atomic E-state index is 11.2. The lowest BCUT2D eigenvalue weighted by molar-refractivity contribution is 0.0924. The molecule has 0 saturated heterocycles. The minimum absolute atomic E-state index is 0.169. The Morgan fingerprint density at radius 2 is 2.58 bits per heavy atom. The van der Waals surface area contributed by atoms with Crippen molar-refractivity contribution < 1.29 is 9.90 Å². The number of aliphatic hydroxyl groups excluding tert-OH is 1. The Hall–Kier alpha value is -1.29. The van der Waals surface area contributed by atoms with Gasteiger partial charge in [0.05, 0.1) is 11.7 Å². The molecule has 0 fully saturated rings. The number of amides is 1. The monoisotopic (exact) mass is 168 g/mol. The minimum Gasteiger partial charge on any atom is -0.392 e. The molecule has 1 aromatic rings. The molecule has 0 spiro atoms. The van der Waals surface area contributed by atoms with Crippen molar-refractivity contribution in [3.63, 3.8) is 0 Å². The van der Waals surface area contributed by atoms with Crippen molar-refractivity contribution in [2.24, 2.45) is 0 Å². The summed E-state index contributed by atoms with van der Waals surface area (Å²) in [6.45, 7) is 1.90. The molecule has 0 aliphatic rings. The Balaban J connectivity index is 2.40. The van der Waals surface area contributed by atoms with E-state index in [-0.39, 0.29) is 12.5 Å². The SMILES string of the molecule is C[C@@H](O)CNC(=O)c1cc[nH]c1. The summed E-state index contributed by atoms with van der Waals surface area (Å²) < 4.78 is 0. The van der Waals surface area contributed by atoms with Crippen LogP contribution in [0.3, 0.4) is 0 Å². The standard InChI is InChI=1S/C8H12N2O2/c1-6(11)4-10-8(12)7-2-3-9-5-7/h2-3,5-6,9,11H,4H2,1H3,(H,10,12)/t6-/m1/s1. The second kappa shape index (κ2) is 3.92. The van der Waals surface area contributed by atoms with Gasteiger partial charge >= 0.3 is 0 Å². The Labute approximate surface area is 70.6 Å². The van der Waals surface area contributed by atoms with E-state index in [0.717, 1.165) is 0 Å². The van der Waals surface area contributed by atoms with Gasteiger partial charge in [0, 0.05) is 18.9 Å². The smallest absolute Gasteiger partial charge is 0.252 e.